The van der Waals surface area contributed by atoms with Gasteiger partial charge in [-0.25, -0.2) is 4.39 Å². The lowest BCUT2D eigenvalue weighted by molar-refractivity contribution is 0.415. The first kappa shape index (κ1) is 14.2. The first-order chi connectivity index (χ1) is 9.49. The molecule has 2 aromatic rings. The third-order valence-corrected chi connectivity index (χ3v) is 3.24. The topological polar surface area (TPSA) is 47.3 Å². The van der Waals surface area contributed by atoms with E-state index in [1.54, 1.807) is 32.2 Å². The fourth-order valence-electron chi connectivity index (χ4n) is 2.04. The summed E-state index contributed by atoms with van der Waals surface area (Å²) in [4.78, 5) is 0. The van der Waals surface area contributed by atoms with E-state index in [9.17, 15) is 4.39 Å². The molecule has 0 saturated heterocycles. The Morgan fingerprint density at radius 3 is 2.60 bits per heavy atom. The van der Waals surface area contributed by atoms with Crippen molar-refractivity contribution >= 4 is 11.4 Å². The minimum atomic E-state index is -0.193. The van der Waals surface area contributed by atoms with Crippen LogP contribution < -0.4 is 15.8 Å². The van der Waals surface area contributed by atoms with Crippen molar-refractivity contribution in [3.63, 3.8) is 0 Å². The van der Waals surface area contributed by atoms with Crippen molar-refractivity contribution in [2.24, 2.45) is 0 Å². The smallest absolute Gasteiger partial charge is 0.126 e. The molecule has 0 aliphatic carbocycles. The van der Waals surface area contributed by atoms with Gasteiger partial charge in [-0.2, -0.15) is 0 Å². The minimum Gasteiger partial charge on any atom is -0.497 e. The molecule has 1 atom stereocenters. The maximum Gasteiger partial charge on any atom is 0.126 e. The number of nitrogens with one attached hydrogen (secondary N) is 1. The highest BCUT2D eigenvalue weighted by atomic mass is 19.1. The van der Waals surface area contributed by atoms with Crippen molar-refractivity contribution in [3.05, 3.63) is 53.3 Å². The second kappa shape index (κ2) is 5.82. The number of nitrogens with two attached hydrogens (primary N) is 1. The molecule has 20 heavy (non-hydrogen) atoms. The largest absolute Gasteiger partial charge is 0.497 e. The van der Waals surface area contributed by atoms with Crippen LogP contribution in [0.3, 0.4) is 0 Å². The van der Waals surface area contributed by atoms with E-state index in [0.29, 0.717) is 17.0 Å². The van der Waals surface area contributed by atoms with Crippen molar-refractivity contribution in [1.82, 2.24) is 0 Å². The summed E-state index contributed by atoms with van der Waals surface area (Å²) in [6.45, 7) is 3.72. The van der Waals surface area contributed by atoms with Crippen molar-refractivity contribution in [2.45, 2.75) is 19.9 Å². The Labute approximate surface area is 118 Å². The van der Waals surface area contributed by atoms with Gasteiger partial charge < -0.3 is 15.8 Å². The average molecular weight is 274 g/mol. The summed E-state index contributed by atoms with van der Waals surface area (Å²) < 4.78 is 18.8. The lowest BCUT2D eigenvalue weighted by Crippen LogP contribution is -2.07. The van der Waals surface area contributed by atoms with Gasteiger partial charge in [0.15, 0.2) is 0 Å². The van der Waals surface area contributed by atoms with Crippen LogP contribution in [0.2, 0.25) is 0 Å². The first-order valence-electron chi connectivity index (χ1n) is 6.46. The molecule has 0 bridgehead atoms. The van der Waals surface area contributed by atoms with Gasteiger partial charge in [-0.1, -0.05) is 12.1 Å². The molecule has 0 saturated carbocycles. The van der Waals surface area contributed by atoms with E-state index < -0.39 is 0 Å². The van der Waals surface area contributed by atoms with E-state index in [1.165, 1.54) is 0 Å². The molecule has 4 heteroatoms. The minimum absolute atomic E-state index is 0.0309. The van der Waals surface area contributed by atoms with E-state index in [-0.39, 0.29) is 11.9 Å². The normalized spacial score (nSPS) is 12.0. The zero-order valence-electron chi connectivity index (χ0n) is 11.9. The number of benzene rings is 2. The van der Waals surface area contributed by atoms with Gasteiger partial charge in [-0.05, 0) is 37.1 Å². The number of halogens is 1. The average Bonchev–Trinajstić information content (AvgIpc) is 2.41. The van der Waals surface area contributed by atoms with Crippen LogP contribution in [0.1, 0.15) is 24.1 Å². The van der Waals surface area contributed by atoms with Gasteiger partial charge in [0.2, 0.25) is 0 Å². The van der Waals surface area contributed by atoms with Gasteiger partial charge in [0.05, 0.1) is 7.11 Å². The van der Waals surface area contributed by atoms with Crippen molar-refractivity contribution in [1.29, 1.82) is 0 Å². The predicted molar refractivity (Wildman–Crippen MR) is 80.6 cm³/mol. The van der Waals surface area contributed by atoms with Crippen LogP contribution in [0.25, 0.3) is 0 Å². The summed E-state index contributed by atoms with van der Waals surface area (Å²) in [5, 5.41) is 3.29. The number of anilines is 2. The molecule has 0 fully saturated rings. The van der Waals surface area contributed by atoms with Crippen LogP contribution in [-0.2, 0) is 0 Å². The number of hydrogen-bond donors (Lipinski definition) is 2. The standard InChI is InChI=1S/C16H19FN2O/c1-10-4-5-12(6-16(10)17)11(2)19-14-7-13(18)8-15(9-14)20-3/h4-9,11,19H,18H2,1-3H3. The Hall–Kier alpha value is -2.23. The van der Waals surface area contributed by atoms with Gasteiger partial charge in [0.25, 0.3) is 0 Å². The van der Waals surface area contributed by atoms with E-state index in [4.69, 9.17) is 10.5 Å². The van der Waals surface area contributed by atoms with Gasteiger partial charge in [0, 0.05) is 29.5 Å². The molecule has 0 amide bonds. The van der Waals surface area contributed by atoms with Gasteiger partial charge in [-0.3, -0.25) is 0 Å². The Bertz CT molecular complexity index is 613. The number of rotatable bonds is 4. The highest BCUT2D eigenvalue weighted by Crippen LogP contribution is 2.26. The third-order valence-electron chi connectivity index (χ3n) is 3.24. The van der Waals surface area contributed by atoms with Crippen LogP contribution in [0.4, 0.5) is 15.8 Å². The molecule has 0 radical (unpaired) electrons. The number of hydrogen-bond acceptors (Lipinski definition) is 3. The van der Waals surface area contributed by atoms with Crippen LogP contribution in [0, 0.1) is 12.7 Å². The zero-order chi connectivity index (χ0) is 14.7. The van der Waals surface area contributed by atoms with Crippen LogP contribution in [-0.4, -0.2) is 7.11 Å². The molecule has 1 unspecified atom stereocenters. The molecule has 0 spiro atoms. The molecule has 106 valence electrons. The summed E-state index contributed by atoms with van der Waals surface area (Å²) >= 11 is 0. The molecular weight excluding hydrogens is 255 g/mol. The Kier molecular flexibility index (Phi) is 4.13. The molecule has 2 aromatic carbocycles. The monoisotopic (exact) mass is 274 g/mol. The fourth-order valence-corrected chi connectivity index (χ4v) is 2.04. The number of methoxy groups -OCH3 is 1. The number of nitrogen functional groups attached to an aromatic ring is 1. The summed E-state index contributed by atoms with van der Waals surface area (Å²) in [6.07, 6.45) is 0. The van der Waals surface area contributed by atoms with Gasteiger partial charge in [0.1, 0.15) is 11.6 Å². The van der Waals surface area contributed by atoms with E-state index >= 15 is 0 Å². The summed E-state index contributed by atoms with van der Waals surface area (Å²) in [7, 11) is 1.59. The zero-order valence-corrected chi connectivity index (χ0v) is 11.9. The molecule has 0 aromatic heterocycles. The van der Waals surface area contributed by atoms with Gasteiger partial charge >= 0.3 is 0 Å². The molecule has 2 rings (SSSR count). The van der Waals surface area contributed by atoms with Crippen LogP contribution in [0.5, 0.6) is 5.75 Å². The maximum atomic E-state index is 13.6. The third kappa shape index (κ3) is 3.20. The Morgan fingerprint density at radius 2 is 1.95 bits per heavy atom. The van der Waals surface area contributed by atoms with Crippen molar-refractivity contribution in [3.8, 4) is 5.75 Å². The first-order valence-corrected chi connectivity index (χ1v) is 6.46. The molecular formula is C16H19FN2O. The molecule has 3 N–H and O–H groups in total. The van der Waals surface area contributed by atoms with Crippen LogP contribution in [0.15, 0.2) is 36.4 Å². The van der Waals surface area contributed by atoms with Crippen molar-refractivity contribution < 1.29 is 9.13 Å². The predicted octanol–water partition coefficient (Wildman–Crippen LogP) is 3.90. The van der Waals surface area contributed by atoms with Crippen LogP contribution >= 0.6 is 0 Å². The Morgan fingerprint density at radius 1 is 1.20 bits per heavy atom. The Balaban J connectivity index is 2.20. The summed E-state index contributed by atoms with van der Waals surface area (Å²) in [6, 6.07) is 10.7. The lowest BCUT2D eigenvalue weighted by Gasteiger charge is -2.17. The second-order valence-electron chi connectivity index (χ2n) is 4.87. The second-order valence-corrected chi connectivity index (χ2v) is 4.87. The fraction of sp³-hybridized carbons (Fsp3) is 0.250. The lowest BCUT2D eigenvalue weighted by atomic mass is 10.1. The summed E-state index contributed by atoms with van der Waals surface area (Å²) in [5.74, 6) is 0.496. The number of aryl methyl sites for hydroxylation is 1. The quantitative estimate of drug-likeness (QED) is 0.831. The van der Waals surface area contributed by atoms with E-state index in [1.807, 2.05) is 25.1 Å². The maximum absolute atomic E-state index is 13.6. The molecule has 0 heterocycles. The number of ether oxygens (including phenoxy) is 1. The summed E-state index contributed by atoms with van der Waals surface area (Å²) in [5.41, 5.74) is 8.80. The molecule has 0 aliphatic heterocycles. The highest BCUT2D eigenvalue weighted by Gasteiger charge is 2.09. The van der Waals surface area contributed by atoms with Crippen molar-refractivity contribution in [2.75, 3.05) is 18.2 Å². The SMILES string of the molecule is COc1cc(N)cc(NC(C)c2ccc(C)c(F)c2)c1. The van der Waals surface area contributed by atoms with E-state index in [0.717, 1.165) is 11.3 Å². The molecule has 0 aliphatic rings. The molecule has 3 nitrogen and oxygen atoms in total. The highest BCUT2D eigenvalue weighted by molar-refractivity contribution is 5.59. The van der Waals surface area contributed by atoms with E-state index in [2.05, 4.69) is 5.32 Å². The van der Waals surface area contributed by atoms with Gasteiger partial charge in [-0.15, -0.1) is 0 Å².